The predicted molar refractivity (Wildman–Crippen MR) is 156 cm³/mol. The van der Waals surface area contributed by atoms with E-state index in [0.717, 1.165) is 48.8 Å². The van der Waals surface area contributed by atoms with Crippen molar-refractivity contribution >= 4 is 17.6 Å². The van der Waals surface area contributed by atoms with Crippen molar-refractivity contribution in [3.8, 4) is 5.75 Å². The van der Waals surface area contributed by atoms with Crippen LogP contribution in [-0.4, -0.2) is 65.1 Å². The second-order valence-corrected chi connectivity index (χ2v) is 14.5. The third-order valence-corrected chi connectivity index (χ3v) is 10.9. The van der Waals surface area contributed by atoms with Crippen molar-refractivity contribution in [2.75, 3.05) is 18.4 Å². The van der Waals surface area contributed by atoms with Gasteiger partial charge in [-0.15, -0.1) is 0 Å². The Balaban J connectivity index is 1.11. The van der Waals surface area contributed by atoms with Crippen LogP contribution in [0, 0.1) is 11.3 Å². The summed E-state index contributed by atoms with van der Waals surface area (Å²) >= 11 is 0. The minimum atomic E-state index is -0.998. The molecular formula is C34H40N2O6. The first-order valence-electron chi connectivity index (χ1n) is 15.6. The van der Waals surface area contributed by atoms with E-state index in [4.69, 9.17) is 14.2 Å². The Hall–Kier alpha value is -3.10. The molecule has 222 valence electrons. The third-order valence-electron chi connectivity index (χ3n) is 10.9. The zero-order valence-electron chi connectivity index (χ0n) is 24.8. The van der Waals surface area contributed by atoms with Crippen LogP contribution in [0.5, 0.6) is 5.75 Å². The van der Waals surface area contributed by atoms with E-state index < -0.39 is 34.7 Å². The molecule has 2 saturated carbocycles. The number of carbonyl (C=O) groups excluding carboxylic acids is 2. The van der Waals surface area contributed by atoms with Crippen molar-refractivity contribution in [3.05, 3.63) is 58.7 Å². The molecule has 1 spiro atoms. The average Bonchev–Trinajstić information content (AvgIpc) is 3.58. The quantitative estimate of drug-likeness (QED) is 0.399. The molecule has 8 nitrogen and oxygen atoms in total. The predicted octanol–water partition coefficient (Wildman–Crippen LogP) is 4.53. The minimum Gasteiger partial charge on any atom is -0.487 e. The Morgan fingerprint density at radius 3 is 2.76 bits per heavy atom. The highest BCUT2D eigenvalue weighted by Crippen LogP contribution is 2.67. The third kappa shape index (κ3) is 3.60. The summed E-state index contributed by atoms with van der Waals surface area (Å²) in [5.74, 6) is 0.762. The van der Waals surface area contributed by atoms with Gasteiger partial charge < -0.3 is 24.6 Å². The van der Waals surface area contributed by atoms with E-state index in [1.165, 1.54) is 24.0 Å². The number of piperidine rings is 1. The van der Waals surface area contributed by atoms with Gasteiger partial charge in [-0.25, -0.2) is 4.79 Å². The maximum absolute atomic E-state index is 13.1. The smallest absolute Gasteiger partial charge is 0.341 e. The number of esters is 2. The van der Waals surface area contributed by atoms with Gasteiger partial charge in [-0.3, -0.25) is 9.69 Å². The van der Waals surface area contributed by atoms with Gasteiger partial charge in [-0.2, -0.15) is 0 Å². The fraction of sp³-hybridized carbons (Fsp3) is 0.588. The molecule has 7 unspecified atom stereocenters. The average molecular weight is 573 g/mol. The first-order valence-corrected chi connectivity index (χ1v) is 15.6. The van der Waals surface area contributed by atoms with E-state index in [1.807, 2.05) is 12.1 Å². The van der Waals surface area contributed by atoms with Gasteiger partial charge in [0.05, 0.1) is 28.0 Å². The Labute approximate surface area is 246 Å². The zero-order chi connectivity index (χ0) is 29.2. The standard InChI is InChI=1S/C34H40N2O6/c1-18(41-31(38)32(2,3)4)40-30(37)21-10-11-22-23-16-34(39)26-15-20-6-5-7-25-27(20)33(34,12-13-36(26)17-19-8-9-19)29(42-25)28(23)35-24(22)14-21/h5-7,10-11,14,18-19,23,26,28-29,35,39H,8-9,12-13,15-17H2,1-4H3. The first-order chi connectivity index (χ1) is 20.0. The van der Waals surface area contributed by atoms with Crippen LogP contribution in [0.1, 0.15) is 86.3 Å². The molecule has 3 heterocycles. The van der Waals surface area contributed by atoms with Crippen LogP contribution in [0.3, 0.4) is 0 Å². The van der Waals surface area contributed by atoms with Crippen LogP contribution in [0.25, 0.3) is 0 Å². The number of anilines is 1. The molecule has 7 atom stereocenters. The first kappa shape index (κ1) is 26.5. The summed E-state index contributed by atoms with van der Waals surface area (Å²) in [7, 11) is 0. The summed E-state index contributed by atoms with van der Waals surface area (Å²) < 4.78 is 17.6. The number of carbonyl (C=O) groups is 2. The van der Waals surface area contributed by atoms with E-state index in [0.29, 0.717) is 12.0 Å². The molecule has 8 rings (SSSR count). The molecule has 3 fully saturated rings. The van der Waals surface area contributed by atoms with E-state index in [1.54, 1.807) is 33.8 Å². The fourth-order valence-electron chi connectivity index (χ4n) is 8.84. The minimum absolute atomic E-state index is 0.0211. The normalized spacial score (nSPS) is 34.3. The molecule has 8 heteroatoms. The highest BCUT2D eigenvalue weighted by atomic mass is 16.7. The lowest BCUT2D eigenvalue weighted by Gasteiger charge is -2.65. The second-order valence-electron chi connectivity index (χ2n) is 14.5. The van der Waals surface area contributed by atoms with Gasteiger partial charge in [-0.1, -0.05) is 18.2 Å². The highest BCUT2D eigenvalue weighted by molar-refractivity contribution is 5.91. The molecule has 2 aromatic carbocycles. The molecule has 0 radical (unpaired) electrons. The summed E-state index contributed by atoms with van der Waals surface area (Å²) in [5, 5.41) is 16.7. The molecule has 2 N–H and O–H groups in total. The van der Waals surface area contributed by atoms with Crippen LogP contribution >= 0.6 is 0 Å². The number of ether oxygens (including phenoxy) is 3. The summed E-state index contributed by atoms with van der Waals surface area (Å²) in [6, 6.07) is 12.1. The van der Waals surface area contributed by atoms with Crippen molar-refractivity contribution in [1.82, 2.24) is 4.90 Å². The van der Waals surface area contributed by atoms with Gasteiger partial charge in [0, 0.05) is 36.7 Å². The lowest BCUT2D eigenvalue weighted by molar-refractivity contribution is -0.191. The Kier molecular flexibility index (Phi) is 5.51. The molecule has 42 heavy (non-hydrogen) atoms. The molecule has 6 aliphatic rings. The van der Waals surface area contributed by atoms with Gasteiger partial charge >= 0.3 is 11.9 Å². The number of fused-ring (bicyclic) bond motifs is 4. The number of hydrogen-bond donors (Lipinski definition) is 2. The molecular weight excluding hydrogens is 532 g/mol. The van der Waals surface area contributed by atoms with Gasteiger partial charge in [0.15, 0.2) is 0 Å². The number of benzene rings is 2. The van der Waals surface area contributed by atoms with E-state index >= 15 is 0 Å². The van der Waals surface area contributed by atoms with Gasteiger partial charge in [0.1, 0.15) is 11.9 Å². The SMILES string of the molecule is CC(OC(=O)c1ccc2c(c1)NC1C2CC2(O)C3Cc4cccc5c4C2(CCN3CC2CC2)C1O5)OC(=O)C(C)(C)C. The fourth-order valence-corrected chi connectivity index (χ4v) is 8.84. The monoisotopic (exact) mass is 572 g/mol. The van der Waals surface area contributed by atoms with Gasteiger partial charge in [0.25, 0.3) is 0 Å². The summed E-state index contributed by atoms with van der Waals surface area (Å²) in [6.45, 7) is 8.88. The van der Waals surface area contributed by atoms with Gasteiger partial charge in [0.2, 0.25) is 6.29 Å². The molecule has 2 bridgehead atoms. The molecule has 0 amide bonds. The van der Waals surface area contributed by atoms with Gasteiger partial charge in [-0.05, 0) is 94.7 Å². The van der Waals surface area contributed by atoms with Crippen LogP contribution in [0.4, 0.5) is 5.69 Å². The number of likely N-dealkylation sites (tertiary alicyclic amines) is 1. The van der Waals surface area contributed by atoms with E-state index in [9.17, 15) is 14.7 Å². The van der Waals surface area contributed by atoms with Crippen molar-refractivity contribution in [1.29, 1.82) is 0 Å². The maximum atomic E-state index is 13.1. The number of hydrogen-bond acceptors (Lipinski definition) is 8. The molecule has 1 saturated heterocycles. The molecule has 2 aromatic rings. The van der Waals surface area contributed by atoms with Crippen LogP contribution in [0.2, 0.25) is 0 Å². The van der Waals surface area contributed by atoms with Crippen LogP contribution < -0.4 is 10.1 Å². The van der Waals surface area contributed by atoms with E-state index in [2.05, 4.69) is 28.4 Å². The summed E-state index contributed by atoms with van der Waals surface area (Å²) in [4.78, 5) is 27.9. The number of nitrogens with one attached hydrogen (secondary N) is 1. The van der Waals surface area contributed by atoms with Crippen molar-refractivity contribution < 1.29 is 28.9 Å². The number of nitrogens with zero attached hydrogens (tertiary/aromatic N) is 1. The number of rotatable bonds is 5. The zero-order valence-corrected chi connectivity index (χ0v) is 24.8. The lowest BCUT2D eigenvalue weighted by atomic mass is 9.46. The van der Waals surface area contributed by atoms with Crippen LogP contribution in [0.15, 0.2) is 36.4 Å². The van der Waals surface area contributed by atoms with E-state index in [-0.39, 0.29) is 24.1 Å². The number of aliphatic hydroxyl groups is 1. The second kappa shape index (κ2) is 8.73. The molecule has 3 aliphatic carbocycles. The topological polar surface area (TPSA) is 97.3 Å². The Morgan fingerprint density at radius 1 is 1.19 bits per heavy atom. The maximum Gasteiger partial charge on any atom is 0.341 e. The van der Waals surface area contributed by atoms with Crippen molar-refractivity contribution in [2.45, 2.75) is 101 Å². The van der Waals surface area contributed by atoms with Crippen molar-refractivity contribution in [3.63, 3.8) is 0 Å². The Bertz CT molecular complexity index is 1500. The largest absolute Gasteiger partial charge is 0.487 e. The van der Waals surface area contributed by atoms with Crippen LogP contribution in [-0.2, 0) is 26.1 Å². The summed E-state index contributed by atoms with van der Waals surface area (Å²) in [6.07, 6.45) is 3.77. The highest BCUT2D eigenvalue weighted by Gasteiger charge is 2.75. The Morgan fingerprint density at radius 2 is 2.00 bits per heavy atom. The molecule has 3 aliphatic heterocycles. The summed E-state index contributed by atoms with van der Waals surface area (Å²) in [5.41, 5.74) is 2.88. The van der Waals surface area contributed by atoms with Crippen molar-refractivity contribution in [2.24, 2.45) is 11.3 Å². The molecule has 0 aromatic heterocycles. The lowest BCUT2D eigenvalue weighted by Crippen LogP contribution is -2.78.